The first kappa shape index (κ1) is 20.8. The maximum atomic E-state index is 13.5. The van der Waals surface area contributed by atoms with Crippen LogP contribution in [0.3, 0.4) is 0 Å². The van der Waals surface area contributed by atoms with Gasteiger partial charge in [-0.15, -0.1) is 0 Å². The lowest BCUT2D eigenvalue weighted by molar-refractivity contribution is -0.122. The number of carbonyl (C=O) groups is 2. The number of nitrogens with one attached hydrogen (secondary N) is 1. The van der Waals surface area contributed by atoms with E-state index in [1.54, 1.807) is 19.1 Å². The lowest BCUT2D eigenvalue weighted by atomic mass is 9.83. The first-order valence-electron chi connectivity index (χ1n) is 9.87. The van der Waals surface area contributed by atoms with Gasteiger partial charge in [0.25, 0.3) is 0 Å². The van der Waals surface area contributed by atoms with Crippen molar-refractivity contribution >= 4 is 40.6 Å². The first-order chi connectivity index (χ1) is 15.4. The zero-order valence-corrected chi connectivity index (χ0v) is 18.3. The molecule has 2 aromatic carbocycles. The van der Waals surface area contributed by atoms with Crippen LogP contribution >= 0.6 is 23.1 Å². The summed E-state index contributed by atoms with van der Waals surface area (Å²) in [5.41, 5.74) is 0.952. The Morgan fingerprint density at radius 2 is 1.88 bits per heavy atom. The summed E-state index contributed by atoms with van der Waals surface area (Å²) in [6.45, 7) is 2.12. The standard InChI is InChI=1S/C22H17FN2O5S2/c1-2-30-14-9-10(3-8-13(14)26)15-16-18(31-19-17(15)32-22(29)24-19)21(28)25(20(16)27)12-6-4-11(23)5-7-12/h3-9,15-16,18,26H,2H2,1H3,(H,24,29). The maximum absolute atomic E-state index is 13.5. The smallest absolute Gasteiger partial charge is 0.305 e. The molecular formula is C22H17FN2O5S2. The van der Waals surface area contributed by atoms with Crippen molar-refractivity contribution < 1.29 is 23.8 Å². The highest BCUT2D eigenvalue weighted by Crippen LogP contribution is 2.53. The number of halogens is 1. The van der Waals surface area contributed by atoms with Gasteiger partial charge < -0.3 is 14.8 Å². The highest BCUT2D eigenvalue weighted by Gasteiger charge is 2.56. The van der Waals surface area contributed by atoms with Crippen LogP contribution in [-0.4, -0.2) is 33.8 Å². The molecule has 0 radical (unpaired) electrons. The number of thioether (sulfide) groups is 1. The van der Waals surface area contributed by atoms with Crippen molar-refractivity contribution in [3.05, 3.63) is 68.4 Å². The van der Waals surface area contributed by atoms with Crippen molar-refractivity contribution in [1.29, 1.82) is 0 Å². The van der Waals surface area contributed by atoms with E-state index >= 15 is 0 Å². The fourth-order valence-electron chi connectivity index (χ4n) is 4.22. The summed E-state index contributed by atoms with van der Waals surface area (Å²) >= 11 is 2.17. The molecule has 5 rings (SSSR count). The van der Waals surface area contributed by atoms with Crippen molar-refractivity contribution in [1.82, 2.24) is 4.98 Å². The molecule has 32 heavy (non-hydrogen) atoms. The summed E-state index contributed by atoms with van der Waals surface area (Å²) in [7, 11) is 0. The second-order valence-corrected chi connectivity index (χ2v) is 9.56. The first-order valence-corrected chi connectivity index (χ1v) is 11.6. The van der Waals surface area contributed by atoms with Gasteiger partial charge in [-0.25, -0.2) is 9.29 Å². The number of imide groups is 1. The van der Waals surface area contributed by atoms with Crippen LogP contribution in [0.25, 0.3) is 0 Å². The van der Waals surface area contributed by atoms with Gasteiger partial charge in [-0.1, -0.05) is 29.2 Å². The number of carbonyl (C=O) groups excluding carboxylic acids is 2. The fraction of sp³-hybridized carbons (Fsp3) is 0.227. The van der Waals surface area contributed by atoms with Crippen LogP contribution in [0.5, 0.6) is 11.5 Å². The molecule has 0 spiro atoms. The Bertz CT molecular complexity index is 1290. The molecule has 7 nitrogen and oxygen atoms in total. The van der Waals surface area contributed by atoms with Crippen LogP contribution in [0, 0.1) is 11.7 Å². The largest absolute Gasteiger partial charge is 0.504 e. The summed E-state index contributed by atoms with van der Waals surface area (Å²) in [4.78, 5) is 43.2. The number of ether oxygens (including phenoxy) is 1. The number of rotatable bonds is 4. The van der Waals surface area contributed by atoms with Crippen molar-refractivity contribution in [2.24, 2.45) is 5.92 Å². The van der Waals surface area contributed by atoms with E-state index in [2.05, 4.69) is 4.98 Å². The SMILES string of the molecule is CCOc1cc(C2c3sc(=O)[nH]c3SC3C(=O)N(c4ccc(F)cc4)C(=O)C32)ccc1O. The third-order valence-corrected chi connectivity index (χ3v) is 7.95. The lowest BCUT2D eigenvalue weighted by Gasteiger charge is -2.30. The molecule has 2 N–H and O–H groups in total. The van der Waals surface area contributed by atoms with Crippen LogP contribution in [0.1, 0.15) is 23.3 Å². The van der Waals surface area contributed by atoms with Gasteiger partial charge in [-0.3, -0.25) is 14.4 Å². The Kier molecular flexibility index (Phi) is 5.06. The Morgan fingerprint density at radius 1 is 1.12 bits per heavy atom. The van der Waals surface area contributed by atoms with E-state index in [4.69, 9.17) is 4.74 Å². The molecule has 3 unspecified atom stereocenters. The monoisotopic (exact) mass is 472 g/mol. The van der Waals surface area contributed by atoms with Crippen LogP contribution in [0.2, 0.25) is 0 Å². The van der Waals surface area contributed by atoms with Crippen molar-refractivity contribution in [3.8, 4) is 11.5 Å². The van der Waals surface area contributed by atoms with Gasteiger partial charge in [-0.2, -0.15) is 0 Å². The predicted molar refractivity (Wildman–Crippen MR) is 118 cm³/mol. The molecule has 1 aromatic heterocycles. The molecule has 1 saturated heterocycles. The molecule has 164 valence electrons. The fourth-order valence-corrected chi connectivity index (χ4v) is 6.73. The molecule has 0 saturated carbocycles. The number of phenolic OH excluding ortho intramolecular Hbond substituents is 1. The number of benzene rings is 2. The average Bonchev–Trinajstić information content (AvgIpc) is 3.25. The number of phenols is 1. The second kappa shape index (κ2) is 7.79. The number of hydrogen-bond donors (Lipinski definition) is 2. The summed E-state index contributed by atoms with van der Waals surface area (Å²) in [6.07, 6.45) is 0. The Labute approximate surface area is 189 Å². The topological polar surface area (TPSA) is 99.7 Å². The summed E-state index contributed by atoms with van der Waals surface area (Å²) in [5, 5.41) is 9.92. The van der Waals surface area contributed by atoms with Gasteiger partial charge >= 0.3 is 4.87 Å². The van der Waals surface area contributed by atoms with E-state index in [9.17, 15) is 23.9 Å². The zero-order chi connectivity index (χ0) is 22.6. The van der Waals surface area contributed by atoms with Crippen molar-refractivity contribution in [2.75, 3.05) is 11.5 Å². The summed E-state index contributed by atoms with van der Waals surface area (Å²) in [6, 6.07) is 9.98. The number of aromatic amines is 1. The van der Waals surface area contributed by atoms with E-state index in [1.807, 2.05) is 0 Å². The van der Waals surface area contributed by atoms with Crippen molar-refractivity contribution in [2.45, 2.75) is 23.1 Å². The molecule has 0 aliphatic carbocycles. The van der Waals surface area contributed by atoms with Crippen LogP contribution in [0.4, 0.5) is 10.1 Å². The average molecular weight is 473 g/mol. The van der Waals surface area contributed by atoms with Gasteiger partial charge in [0.15, 0.2) is 11.5 Å². The van der Waals surface area contributed by atoms with Crippen LogP contribution < -0.4 is 14.5 Å². The minimum absolute atomic E-state index is 0.0402. The molecular weight excluding hydrogens is 455 g/mol. The number of anilines is 1. The van der Waals surface area contributed by atoms with E-state index in [0.717, 1.165) is 16.2 Å². The molecule has 10 heteroatoms. The molecule has 2 aliphatic heterocycles. The summed E-state index contributed by atoms with van der Waals surface area (Å²) < 4.78 is 18.9. The zero-order valence-electron chi connectivity index (χ0n) is 16.7. The minimum Gasteiger partial charge on any atom is -0.504 e. The Balaban J connectivity index is 1.64. The van der Waals surface area contributed by atoms with E-state index < -0.39 is 34.7 Å². The number of H-pyrrole nitrogens is 1. The summed E-state index contributed by atoms with van der Waals surface area (Å²) in [5.74, 6) is -2.43. The number of amides is 2. The molecule has 3 aromatic rings. The normalized spacial score (nSPS) is 22.1. The quantitative estimate of drug-likeness (QED) is 0.564. The molecule has 2 aliphatic rings. The number of aromatic hydroxyl groups is 1. The molecule has 3 atom stereocenters. The minimum atomic E-state index is -0.768. The maximum Gasteiger partial charge on any atom is 0.305 e. The van der Waals surface area contributed by atoms with Gasteiger partial charge in [0.1, 0.15) is 11.1 Å². The Hall–Kier alpha value is -3.11. The van der Waals surface area contributed by atoms with E-state index in [-0.39, 0.29) is 16.4 Å². The predicted octanol–water partition coefficient (Wildman–Crippen LogP) is 3.48. The lowest BCUT2D eigenvalue weighted by Crippen LogP contribution is -2.32. The highest BCUT2D eigenvalue weighted by molar-refractivity contribution is 8.00. The van der Waals surface area contributed by atoms with Gasteiger partial charge in [0, 0.05) is 10.8 Å². The third-order valence-electron chi connectivity index (χ3n) is 5.55. The van der Waals surface area contributed by atoms with Crippen molar-refractivity contribution in [3.63, 3.8) is 0 Å². The second-order valence-electron chi connectivity index (χ2n) is 7.40. The number of fused-ring (bicyclic) bond motifs is 2. The molecule has 3 heterocycles. The van der Waals surface area contributed by atoms with Gasteiger partial charge in [0.05, 0.1) is 23.2 Å². The number of thiazole rings is 1. The van der Waals surface area contributed by atoms with Crippen LogP contribution in [0.15, 0.2) is 52.3 Å². The van der Waals surface area contributed by atoms with Gasteiger partial charge in [0.2, 0.25) is 11.8 Å². The van der Waals surface area contributed by atoms with Gasteiger partial charge in [-0.05, 0) is 48.9 Å². The van der Waals surface area contributed by atoms with E-state index in [0.29, 0.717) is 27.8 Å². The molecule has 2 amide bonds. The van der Waals surface area contributed by atoms with Crippen LogP contribution in [-0.2, 0) is 9.59 Å². The Morgan fingerprint density at radius 3 is 2.59 bits per heavy atom. The number of nitrogens with zero attached hydrogens (tertiary/aromatic N) is 1. The molecule has 0 bridgehead atoms. The third kappa shape index (κ3) is 3.21. The van der Waals surface area contributed by atoms with E-state index in [1.165, 1.54) is 42.1 Å². The number of hydrogen-bond acceptors (Lipinski definition) is 7. The molecule has 1 fully saturated rings. The number of aromatic nitrogens is 1. The highest BCUT2D eigenvalue weighted by atomic mass is 32.2.